The standard InChI is InChI=1S/C16H17N3O2/c1-10-6-7-19-9-12(18-16(19)15(10)17)11-4-5-13(20-2)14(8-11)21-3/h4-9H,17H2,1-3H3. The largest absolute Gasteiger partial charge is 0.493 e. The topological polar surface area (TPSA) is 61.8 Å². The number of benzene rings is 1. The minimum absolute atomic E-state index is 0.677. The Kier molecular flexibility index (Phi) is 3.17. The molecule has 2 heterocycles. The van der Waals surface area contributed by atoms with Crippen LogP contribution in [0.1, 0.15) is 5.56 Å². The molecule has 1 aromatic carbocycles. The molecule has 0 aliphatic heterocycles. The summed E-state index contributed by atoms with van der Waals surface area (Å²) in [6.07, 6.45) is 3.91. The highest BCUT2D eigenvalue weighted by atomic mass is 16.5. The van der Waals surface area contributed by atoms with E-state index in [1.165, 1.54) is 0 Å². The molecule has 0 fully saturated rings. The lowest BCUT2D eigenvalue weighted by Crippen LogP contribution is -1.94. The Labute approximate surface area is 122 Å². The van der Waals surface area contributed by atoms with E-state index in [2.05, 4.69) is 4.98 Å². The number of nitrogens with zero attached hydrogens (tertiary/aromatic N) is 2. The molecule has 0 aliphatic carbocycles. The number of anilines is 1. The summed E-state index contributed by atoms with van der Waals surface area (Å²) >= 11 is 0. The van der Waals surface area contributed by atoms with Gasteiger partial charge in [-0.2, -0.15) is 0 Å². The summed E-state index contributed by atoms with van der Waals surface area (Å²) in [5, 5.41) is 0. The molecule has 21 heavy (non-hydrogen) atoms. The predicted octanol–water partition coefficient (Wildman–Crippen LogP) is 2.91. The van der Waals surface area contributed by atoms with Crippen LogP contribution in [0.5, 0.6) is 11.5 Å². The molecular formula is C16H17N3O2. The van der Waals surface area contributed by atoms with Gasteiger partial charge in [-0.25, -0.2) is 4.98 Å². The van der Waals surface area contributed by atoms with Gasteiger partial charge in [0.1, 0.15) is 0 Å². The van der Waals surface area contributed by atoms with Crippen molar-refractivity contribution in [1.29, 1.82) is 0 Å². The zero-order valence-corrected chi connectivity index (χ0v) is 12.3. The Morgan fingerprint density at radius 2 is 1.86 bits per heavy atom. The average molecular weight is 283 g/mol. The van der Waals surface area contributed by atoms with Gasteiger partial charge in [-0.3, -0.25) is 0 Å². The van der Waals surface area contributed by atoms with Gasteiger partial charge in [0.05, 0.1) is 25.6 Å². The van der Waals surface area contributed by atoms with E-state index in [4.69, 9.17) is 15.2 Å². The highest BCUT2D eigenvalue weighted by molar-refractivity contribution is 5.74. The van der Waals surface area contributed by atoms with Crippen molar-refractivity contribution in [2.24, 2.45) is 0 Å². The number of rotatable bonds is 3. The maximum absolute atomic E-state index is 6.08. The predicted molar refractivity (Wildman–Crippen MR) is 82.9 cm³/mol. The number of hydrogen-bond acceptors (Lipinski definition) is 4. The molecule has 2 aromatic heterocycles. The zero-order chi connectivity index (χ0) is 15.0. The fraction of sp³-hybridized carbons (Fsp3) is 0.188. The van der Waals surface area contributed by atoms with E-state index >= 15 is 0 Å². The van der Waals surface area contributed by atoms with Crippen molar-refractivity contribution < 1.29 is 9.47 Å². The van der Waals surface area contributed by atoms with Gasteiger partial charge >= 0.3 is 0 Å². The zero-order valence-electron chi connectivity index (χ0n) is 12.3. The number of hydrogen-bond donors (Lipinski definition) is 1. The Morgan fingerprint density at radius 1 is 1.10 bits per heavy atom. The molecule has 5 nitrogen and oxygen atoms in total. The van der Waals surface area contributed by atoms with Crippen molar-refractivity contribution >= 4 is 11.3 Å². The number of pyridine rings is 1. The Bertz CT molecular complexity index is 809. The first-order valence-electron chi connectivity index (χ1n) is 6.60. The summed E-state index contributed by atoms with van der Waals surface area (Å²) < 4.78 is 12.5. The van der Waals surface area contributed by atoms with E-state index < -0.39 is 0 Å². The smallest absolute Gasteiger partial charge is 0.161 e. The molecule has 3 rings (SSSR count). The fourth-order valence-corrected chi connectivity index (χ4v) is 2.30. The molecule has 0 aliphatic rings. The van der Waals surface area contributed by atoms with Crippen LogP contribution in [0.2, 0.25) is 0 Å². The van der Waals surface area contributed by atoms with Crippen LogP contribution >= 0.6 is 0 Å². The second-order valence-electron chi connectivity index (χ2n) is 4.84. The van der Waals surface area contributed by atoms with Crippen LogP contribution in [0.15, 0.2) is 36.7 Å². The van der Waals surface area contributed by atoms with E-state index in [1.54, 1.807) is 14.2 Å². The van der Waals surface area contributed by atoms with E-state index in [-0.39, 0.29) is 0 Å². The van der Waals surface area contributed by atoms with Gasteiger partial charge in [0.25, 0.3) is 0 Å². The van der Waals surface area contributed by atoms with Crippen LogP contribution in [0.4, 0.5) is 5.69 Å². The number of nitrogens with two attached hydrogens (primary N) is 1. The second kappa shape index (κ2) is 5.01. The monoisotopic (exact) mass is 283 g/mol. The molecule has 5 heteroatoms. The fourth-order valence-electron chi connectivity index (χ4n) is 2.30. The Balaban J connectivity index is 2.14. The normalized spacial score (nSPS) is 10.8. The molecule has 0 atom stereocenters. The number of imidazole rings is 1. The van der Waals surface area contributed by atoms with Crippen LogP contribution in [0, 0.1) is 6.92 Å². The molecule has 108 valence electrons. The number of aryl methyl sites for hydroxylation is 1. The molecule has 0 amide bonds. The lowest BCUT2D eigenvalue weighted by atomic mass is 10.1. The molecule has 2 N–H and O–H groups in total. The molecule has 0 saturated carbocycles. The first-order chi connectivity index (χ1) is 10.1. The Hall–Kier alpha value is -2.69. The lowest BCUT2D eigenvalue weighted by Gasteiger charge is -2.08. The summed E-state index contributed by atoms with van der Waals surface area (Å²) in [7, 11) is 3.23. The van der Waals surface area contributed by atoms with Crippen LogP contribution in [-0.4, -0.2) is 23.6 Å². The third kappa shape index (κ3) is 2.16. The number of fused-ring (bicyclic) bond motifs is 1. The molecule has 0 radical (unpaired) electrons. The van der Waals surface area contributed by atoms with Gasteiger partial charge < -0.3 is 19.6 Å². The van der Waals surface area contributed by atoms with Crippen molar-refractivity contribution in [3.8, 4) is 22.8 Å². The van der Waals surface area contributed by atoms with Crippen molar-refractivity contribution in [2.75, 3.05) is 20.0 Å². The highest BCUT2D eigenvalue weighted by Gasteiger charge is 2.11. The maximum atomic E-state index is 6.08. The van der Waals surface area contributed by atoms with Crippen LogP contribution in [0.3, 0.4) is 0 Å². The van der Waals surface area contributed by atoms with Gasteiger partial charge in [-0.1, -0.05) is 0 Å². The molecule has 0 saturated heterocycles. The molecule has 0 bridgehead atoms. The quantitative estimate of drug-likeness (QED) is 0.803. The first-order valence-corrected chi connectivity index (χ1v) is 6.60. The van der Waals surface area contributed by atoms with Crippen LogP contribution < -0.4 is 15.2 Å². The maximum Gasteiger partial charge on any atom is 0.161 e. The number of aromatic nitrogens is 2. The molecule has 3 aromatic rings. The summed E-state index contributed by atoms with van der Waals surface area (Å²) in [5.74, 6) is 1.37. The van der Waals surface area contributed by atoms with Crippen molar-refractivity contribution in [3.05, 3.63) is 42.2 Å². The van der Waals surface area contributed by atoms with Gasteiger partial charge in [0.15, 0.2) is 17.1 Å². The summed E-state index contributed by atoms with van der Waals surface area (Å²) in [5.41, 5.74) is 10.4. The summed E-state index contributed by atoms with van der Waals surface area (Å²) in [4.78, 5) is 4.62. The Morgan fingerprint density at radius 3 is 2.57 bits per heavy atom. The van der Waals surface area contributed by atoms with E-state index in [0.717, 1.165) is 22.5 Å². The lowest BCUT2D eigenvalue weighted by molar-refractivity contribution is 0.355. The summed E-state index contributed by atoms with van der Waals surface area (Å²) in [6.45, 7) is 1.97. The minimum atomic E-state index is 0.677. The van der Waals surface area contributed by atoms with E-state index in [1.807, 2.05) is 48.0 Å². The average Bonchev–Trinajstić information content (AvgIpc) is 2.95. The third-order valence-electron chi connectivity index (χ3n) is 3.56. The first kappa shape index (κ1) is 13.3. The van der Waals surface area contributed by atoms with E-state index in [9.17, 15) is 0 Å². The van der Waals surface area contributed by atoms with Crippen LogP contribution in [-0.2, 0) is 0 Å². The minimum Gasteiger partial charge on any atom is -0.493 e. The van der Waals surface area contributed by atoms with Crippen molar-refractivity contribution in [1.82, 2.24) is 9.38 Å². The van der Waals surface area contributed by atoms with Gasteiger partial charge in [-0.15, -0.1) is 0 Å². The number of ether oxygens (including phenoxy) is 2. The van der Waals surface area contributed by atoms with E-state index in [0.29, 0.717) is 17.2 Å². The van der Waals surface area contributed by atoms with Crippen LogP contribution in [0.25, 0.3) is 16.9 Å². The van der Waals surface area contributed by atoms with Gasteiger partial charge in [0.2, 0.25) is 0 Å². The molecular weight excluding hydrogens is 266 g/mol. The van der Waals surface area contributed by atoms with Gasteiger partial charge in [0, 0.05) is 18.0 Å². The molecule has 0 unspecified atom stereocenters. The number of nitrogen functional groups attached to an aromatic ring is 1. The van der Waals surface area contributed by atoms with Crippen molar-refractivity contribution in [2.45, 2.75) is 6.92 Å². The van der Waals surface area contributed by atoms with Crippen molar-refractivity contribution in [3.63, 3.8) is 0 Å². The SMILES string of the molecule is COc1ccc(-c2cn3ccc(C)c(N)c3n2)cc1OC. The third-order valence-corrected chi connectivity index (χ3v) is 3.56. The summed E-state index contributed by atoms with van der Waals surface area (Å²) in [6, 6.07) is 7.70. The number of methoxy groups -OCH3 is 2. The molecule has 0 spiro atoms. The highest BCUT2D eigenvalue weighted by Crippen LogP contribution is 2.32. The second-order valence-corrected chi connectivity index (χ2v) is 4.84. The van der Waals surface area contributed by atoms with Gasteiger partial charge in [-0.05, 0) is 36.8 Å².